The Morgan fingerprint density at radius 3 is 2.23 bits per heavy atom. The fourth-order valence-electron chi connectivity index (χ4n) is 3.95. The van der Waals surface area contributed by atoms with Gasteiger partial charge in [0.15, 0.2) is 0 Å². The van der Waals surface area contributed by atoms with Crippen LogP contribution in [-0.2, 0) is 26.2 Å². The van der Waals surface area contributed by atoms with E-state index in [1.807, 2.05) is 13.8 Å². The number of amides is 2. The van der Waals surface area contributed by atoms with Gasteiger partial charge in [-0.2, -0.15) is 0 Å². The van der Waals surface area contributed by atoms with Gasteiger partial charge >= 0.3 is 0 Å². The number of nitrogens with one attached hydrogen (secondary N) is 1. The molecule has 2 amide bonds. The van der Waals surface area contributed by atoms with Crippen molar-refractivity contribution in [1.29, 1.82) is 0 Å². The highest BCUT2D eigenvalue weighted by Gasteiger charge is 2.32. The van der Waals surface area contributed by atoms with Gasteiger partial charge in [-0.25, -0.2) is 8.42 Å². The minimum absolute atomic E-state index is 0.0336. The molecule has 0 bridgehead atoms. The molecule has 0 radical (unpaired) electrons. The van der Waals surface area contributed by atoms with Crippen LogP contribution in [0.1, 0.15) is 32.8 Å². The Labute approximate surface area is 245 Å². The van der Waals surface area contributed by atoms with Crippen LogP contribution in [-0.4, -0.2) is 50.9 Å². The predicted molar refractivity (Wildman–Crippen MR) is 158 cm³/mol. The zero-order valence-corrected chi connectivity index (χ0v) is 25.0. The summed E-state index contributed by atoms with van der Waals surface area (Å²) >= 11 is 12.2. The fraction of sp³-hybridized carbons (Fsp3) is 0.310. The molecule has 3 aromatic carbocycles. The molecule has 214 valence electrons. The summed E-state index contributed by atoms with van der Waals surface area (Å²) in [6, 6.07) is 18.2. The van der Waals surface area contributed by atoms with Crippen LogP contribution in [0.4, 0.5) is 5.69 Å². The van der Waals surface area contributed by atoms with Crippen molar-refractivity contribution >= 4 is 50.7 Å². The van der Waals surface area contributed by atoms with Crippen molar-refractivity contribution in [3.63, 3.8) is 0 Å². The first-order valence-electron chi connectivity index (χ1n) is 12.9. The molecular weight excluding hydrogens is 573 g/mol. The van der Waals surface area contributed by atoms with E-state index < -0.39 is 28.5 Å². The van der Waals surface area contributed by atoms with E-state index in [4.69, 9.17) is 27.9 Å². The zero-order chi connectivity index (χ0) is 29.3. The molecule has 40 heavy (non-hydrogen) atoms. The second kappa shape index (κ2) is 14.4. The summed E-state index contributed by atoms with van der Waals surface area (Å²) in [5.41, 5.74) is 0.960. The maximum absolute atomic E-state index is 13.9. The number of anilines is 1. The molecular formula is C29H33Cl2N3O5S. The van der Waals surface area contributed by atoms with Gasteiger partial charge in [0, 0.05) is 23.1 Å². The molecule has 0 spiro atoms. The molecule has 3 rings (SSSR count). The minimum atomic E-state index is -4.20. The number of nitrogens with zero attached hydrogens (tertiary/aromatic N) is 2. The number of benzene rings is 3. The van der Waals surface area contributed by atoms with Gasteiger partial charge < -0.3 is 15.0 Å². The van der Waals surface area contributed by atoms with Crippen molar-refractivity contribution < 1.29 is 22.7 Å². The van der Waals surface area contributed by atoms with Gasteiger partial charge in [0.1, 0.15) is 18.3 Å². The van der Waals surface area contributed by atoms with E-state index in [9.17, 15) is 18.0 Å². The lowest BCUT2D eigenvalue weighted by molar-refractivity contribution is -0.139. The van der Waals surface area contributed by atoms with Gasteiger partial charge in [-0.15, -0.1) is 0 Å². The van der Waals surface area contributed by atoms with Crippen LogP contribution in [0.25, 0.3) is 0 Å². The van der Waals surface area contributed by atoms with Crippen LogP contribution in [0.2, 0.25) is 10.0 Å². The summed E-state index contributed by atoms with van der Waals surface area (Å²) in [6.07, 6.45) is 0.728. The van der Waals surface area contributed by atoms with E-state index in [1.165, 1.54) is 29.2 Å². The molecule has 0 unspecified atom stereocenters. The van der Waals surface area contributed by atoms with Crippen LogP contribution in [0, 0.1) is 0 Å². The number of carbonyl (C=O) groups is 2. The number of hydrogen-bond acceptors (Lipinski definition) is 5. The molecule has 0 aliphatic rings. The molecule has 0 saturated carbocycles. The summed E-state index contributed by atoms with van der Waals surface area (Å²) in [4.78, 5) is 28.1. The minimum Gasteiger partial charge on any atom is -0.494 e. The lowest BCUT2D eigenvalue weighted by atomic mass is 10.1. The maximum atomic E-state index is 13.9. The number of rotatable bonds is 13. The second-order valence-electron chi connectivity index (χ2n) is 9.01. The monoisotopic (exact) mass is 605 g/mol. The van der Waals surface area contributed by atoms with Gasteiger partial charge in [0.05, 0.1) is 17.2 Å². The first kappa shape index (κ1) is 31.3. The number of sulfonamides is 1. The Morgan fingerprint density at radius 1 is 0.950 bits per heavy atom. The number of hydrogen-bond donors (Lipinski definition) is 1. The molecule has 8 nitrogen and oxygen atoms in total. The molecule has 0 aliphatic carbocycles. The fourth-order valence-corrected chi connectivity index (χ4v) is 5.70. The molecule has 0 heterocycles. The van der Waals surface area contributed by atoms with Crippen molar-refractivity contribution in [3.05, 3.63) is 88.4 Å². The van der Waals surface area contributed by atoms with E-state index in [1.54, 1.807) is 55.5 Å². The van der Waals surface area contributed by atoms with Crippen LogP contribution in [0.3, 0.4) is 0 Å². The van der Waals surface area contributed by atoms with Gasteiger partial charge in [-0.3, -0.25) is 13.9 Å². The number of halogens is 2. The SMILES string of the molecule is CCCNC(=O)[C@@H](C)N(Cc1cccc(Cl)c1)C(=O)CN(c1ccc(OCC)cc1)S(=O)(=O)c1ccc(Cl)cc1. The zero-order valence-electron chi connectivity index (χ0n) is 22.6. The first-order valence-corrected chi connectivity index (χ1v) is 15.1. The highest BCUT2D eigenvalue weighted by Crippen LogP contribution is 2.27. The third-order valence-corrected chi connectivity index (χ3v) is 8.35. The molecule has 11 heteroatoms. The average Bonchev–Trinajstić information content (AvgIpc) is 2.93. The normalized spacial score (nSPS) is 11.9. The van der Waals surface area contributed by atoms with E-state index in [0.29, 0.717) is 34.5 Å². The van der Waals surface area contributed by atoms with E-state index >= 15 is 0 Å². The smallest absolute Gasteiger partial charge is 0.264 e. The molecule has 0 aliphatic heterocycles. The van der Waals surface area contributed by atoms with Crippen molar-refractivity contribution in [3.8, 4) is 5.75 Å². The molecule has 0 fully saturated rings. The summed E-state index contributed by atoms with van der Waals surface area (Å²) in [5.74, 6) is -0.346. The van der Waals surface area contributed by atoms with Gasteiger partial charge in [-0.05, 0) is 86.5 Å². The van der Waals surface area contributed by atoms with E-state index in [2.05, 4.69) is 5.32 Å². The Balaban J connectivity index is 2.02. The molecule has 0 saturated heterocycles. The summed E-state index contributed by atoms with van der Waals surface area (Å²) in [7, 11) is -4.20. The second-order valence-corrected chi connectivity index (χ2v) is 11.7. The van der Waals surface area contributed by atoms with Crippen LogP contribution < -0.4 is 14.4 Å². The van der Waals surface area contributed by atoms with Crippen molar-refractivity contribution in [1.82, 2.24) is 10.2 Å². The Bertz CT molecular complexity index is 1400. The van der Waals surface area contributed by atoms with Crippen LogP contribution >= 0.6 is 23.2 Å². The number of ether oxygens (including phenoxy) is 1. The van der Waals surface area contributed by atoms with Crippen molar-refractivity contribution in [2.45, 2.75) is 44.7 Å². The number of carbonyl (C=O) groups excluding carboxylic acids is 2. The lowest BCUT2D eigenvalue weighted by Gasteiger charge is -2.32. The Kier molecular flexibility index (Phi) is 11.2. The van der Waals surface area contributed by atoms with Crippen LogP contribution in [0.5, 0.6) is 5.75 Å². The molecule has 3 aromatic rings. The van der Waals surface area contributed by atoms with Gasteiger partial charge in [0.25, 0.3) is 10.0 Å². The third kappa shape index (κ3) is 8.13. The highest BCUT2D eigenvalue weighted by molar-refractivity contribution is 7.92. The Morgan fingerprint density at radius 2 is 1.62 bits per heavy atom. The third-order valence-electron chi connectivity index (χ3n) is 6.07. The summed E-state index contributed by atoms with van der Waals surface area (Å²) < 4.78 is 34.2. The average molecular weight is 607 g/mol. The quantitative estimate of drug-likeness (QED) is 0.276. The van der Waals surface area contributed by atoms with Gasteiger partial charge in [-0.1, -0.05) is 42.3 Å². The maximum Gasteiger partial charge on any atom is 0.264 e. The lowest BCUT2D eigenvalue weighted by Crippen LogP contribution is -2.51. The van der Waals surface area contributed by atoms with Gasteiger partial charge in [0.2, 0.25) is 11.8 Å². The Hall–Kier alpha value is -3.27. The predicted octanol–water partition coefficient (Wildman–Crippen LogP) is 5.53. The standard InChI is InChI=1S/C29H33Cl2N3O5S/c1-4-17-32-29(36)21(3)33(19-22-7-6-8-24(31)18-22)28(35)20-34(25-11-13-26(14-12-25)39-5-2)40(37,38)27-15-9-23(30)10-16-27/h6-16,18,21H,4-5,17,19-20H2,1-3H3,(H,32,36)/t21-/m1/s1. The first-order chi connectivity index (χ1) is 19.1. The van der Waals surface area contributed by atoms with Crippen LogP contribution in [0.15, 0.2) is 77.7 Å². The van der Waals surface area contributed by atoms with E-state index in [0.717, 1.165) is 10.7 Å². The van der Waals surface area contributed by atoms with Crippen molar-refractivity contribution in [2.24, 2.45) is 0 Å². The molecule has 0 aromatic heterocycles. The summed E-state index contributed by atoms with van der Waals surface area (Å²) in [6.45, 7) is 5.78. The van der Waals surface area contributed by atoms with E-state index in [-0.39, 0.29) is 23.0 Å². The molecule has 1 atom stereocenters. The molecule has 1 N–H and O–H groups in total. The largest absolute Gasteiger partial charge is 0.494 e. The highest BCUT2D eigenvalue weighted by atomic mass is 35.5. The summed E-state index contributed by atoms with van der Waals surface area (Å²) in [5, 5.41) is 3.67. The van der Waals surface area contributed by atoms with Crippen molar-refractivity contribution in [2.75, 3.05) is 24.0 Å². The topological polar surface area (TPSA) is 96.0 Å².